The number of hydrogen-bond donors (Lipinski definition) is 0. The van der Waals surface area contributed by atoms with Gasteiger partial charge in [-0.05, 0) is 36.1 Å². The molecule has 0 aromatic heterocycles. The summed E-state index contributed by atoms with van der Waals surface area (Å²) >= 11 is 0. The van der Waals surface area contributed by atoms with E-state index >= 15 is 0 Å². The number of allylic oxidation sites excluding steroid dienone is 1. The number of carbonyl (C=O) groups is 1. The third-order valence-corrected chi connectivity index (χ3v) is 4.00. The molecule has 0 bridgehead atoms. The summed E-state index contributed by atoms with van der Waals surface area (Å²) in [6.45, 7) is 5.25. The SMILES string of the molecule is CCCCC1=C(Cc2ccc(C(=O)OC)cc2)OCC1C. The number of ether oxygens (including phenoxy) is 2. The molecular weight excluding hydrogens is 264 g/mol. The van der Waals surface area contributed by atoms with Crippen molar-refractivity contribution < 1.29 is 14.3 Å². The minimum atomic E-state index is -0.296. The van der Waals surface area contributed by atoms with Gasteiger partial charge in [0, 0.05) is 12.3 Å². The monoisotopic (exact) mass is 288 g/mol. The summed E-state index contributed by atoms with van der Waals surface area (Å²) in [5.41, 5.74) is 3.22. The molecule has 1 aromatic rings. The maximum absolute atomic E-state index is 11.4. The maximum Gasteiger partial charge on any atom is 0.337 e. The molecule has 0 radical (unpaired) electrons. The second-order valence-electron chi connectivity index (χ2n) is 5.63. The number of carbonyl (C=O) groups excluding carboxylic acids is 1. The summed E-state index contributed by atoms with van der Waals surface area (Å²) in [4.78, 5) is 11.4. The van der Waals surface area contributed by atoms with Crippen molar-refractivity contribution in [3.05, 3.63) is 46.7 Å². The van der Waals surface area contributed by atoms with Crippen molar-refractivity contribution in [1.29, 1.82) is 0 Å². The molecule has 0 N–H and O–H groups in total. The molecule has 1 aliphatic rings. The first-order chi connectivity index (χ1) is 10.2. The van der Waals surface area contributed by atoms with Gasteiger partial charge in [-0.15, -0.1) is 0 Å². The van der Waals surface area contributed by atoms with E-state index in [1.54, 1.807) is 0 Å². The van der Waals surface area contributed by atoms with Gasteiger partial charge in [-0.3, -0.25) is 0 Å². The molecule has 2 rings (SSSR count). The Balaban J connectivity index is 2.09. The first-order valence-corrected chi connectivity index (χ1v) is 7.67. The van der Waals surface area contributed by atoms with Crippen LogP contribution in [0.25, 0.3) is 0 Å². The van der Waals surface area contributed by atoms with Crippen LogP contribution in [0.15, 0.2) is 35.6 Å². The van der Waals surface area contributed by atoms with Gasteiger partial charge in [-0.2, -0.15) is 0 Å². The van der Waals surface area contributed by atoms with Crippen LogP contribution in [-0.2, 0) is 15.9 Å². The maximum atomic E-state index is 11.4. The molecule has 1 atom stereocenters. The summed E-state index contributed by atoms with van der Waals surface area (Å²) < 4.78 is 10.6. The number of hydrogen-bond acceptors (Lipinski definition) is 3. The molecule has 0 amide bonds. The van der Waals surface area contributed by atoms with Crippen LogP contribution in [0.5, 0.6) is 0 Å². The topological polar surface area (TPSA) is 35.5 Å². The average Bonchev–Trinajstić information content (AvgIpc) is 2.85. The quantitative estimate of drug-likeness (QED) is 0.738. The number of benzene rings is 1. The molecule has 114 valence electrons. The van der Waals surface area contributed by atoms with Gasteiger partial charge in [0.25, 0.3) is 0 Å². The van der Waals surface area contributed by atoms with Crippen LogP contribution in [0.4, 0.5) is 0 Å². The fourth-order valence-electron chi connectivity index (χ4n) is 2.67. The predicted molar refractivity (Wildman–Crippen MR) is 83.2 cm³/mol. The van der Waals surface area contributed by atoms with E-state index in [-0.39, 0.29) is 5.97 Å². The van der Waals surface area contributed by atoms with Crippen LogP contribution in [-0.4, -0.2) is 19.7 Å². The van der Waals surface area contributed by atoms with Gasteiger partial charge in [0.15, 0.2) is 0 Å². The zero-order valence-electron chi connectivity index (χ0n) is 13.1. The van der Waals surface area contributed by atoms with Gasteiger partial charge in [0.2, 0.25) is 0 Å². The molecule has 0 saturated carbocycles. The molecule has 0 aliphatic carbocycles. The predicted octanol–water partition coefficient (Wildman–Crippen LogP) is 4.13. The molecule has 3 nitrogen and oxygen atoms in total. The standard InChI is InChI=1S/C18H24O3/c1-4-5-6-16-13(2)12-21-17(16)11-14-7-9-15(10-8-14)18(19)20-3/h7-10,13H,4-6,11-12H2,1-3H3. The van der Waals surface area contributed by atoms with Crippen LogP contribution >= 0.6 is 0 Å². The number of esters is 1. The van der Waals surface area contributed by atoms with E-state index < -0.39 is 0 Å². The second kappa shape index (κ2) is 7.30. The van der Waals surface area contributed by atoms with Gasteiger partial charge in [0.1, 0.15) is 0 Å². The van der Waals surface area contributed by atoms with Gasteiger partial charge in [-0.25, -0.2) is 4.79 Å². The summed E-state index contributed by atoms with van der Waals surface area (Å²) in [6, 6.07) is 7.57. The van der Waals surface area contributed by atoms with E-state index in [0.717, 1.165) is 25.2 Å². The lowest BCUT2D eigenvalue weighted by molar-refractivity contribution is 0.0600. The van der Waals surface area contributed by atoms with Crippen LogP contribution in [0.2, 0.25) is 0 Å². The largest absolute Gasteiger partial charge is 0.497 e. The van der Waals surface area contributed by atoms with Gasteiger partial charge in [-0.1, -0.05) is 32.4 Å². The normalized spacial score (nSPS) is 17.8. The molecule has 1 aromatic carbocycles. The van der Waals surface area contributed by atoms with Crippen LogP contribution in [0.3, 0.4) is 0 Å². The minimum Gasteiger partial charge on any atom is -0.497 e. The smallest absolute Gasteiger partial charge is 0.337 e. The Bertz CT molecular complexity index is 514. The third-order valence-electron chi connectivity index (χ3n) is 4.00. The summed E-state index contributed by atoms with van der Waals surface area (Å²) in [5.74, 6) is 1.36. The Hall–Kier alpha value is -1.77. The molecule has 0 spiro atoms. The minimum absolute atomic E-state index is 0.296. The van der Waals surface area contributed by atoms with Gasteiger partial charge < -0.3 is 9.47 Å². The first kappa shape index (κ1) is 15.6. The van der Waals surface area contributed by atoms with Crippen molar-refractivity contribution in [2.24, 2.45) is 5.92 Å². The fraction of sp³-hybridized carbons (Fsp3) is 0.500. The van der Waals surface area contributed by atoms with Gasteiger partial charge in [0.05, 0.1) is 25.0 Å². The van der Waals surface area contributed by atoms with Crippen molar-refractivity contribution in [1.82, 2.24) is 0 Å². The highest BCUT2D eigenvalue weighted by Gasteiger charge is 2.23. The lowest BCUT2D eigenvalue weighted by atomic mass is 9.95. The van der Waals surface area contributed by atoms with Gasteiger partial charge >= 0.3 is 5.97 Å². The average molecular weight is 288 g/mol. The lowest BCUT2D eigenvalue weighted by Crippen LogP contribution is -2.01. The molecule has 0 fully saturated rings. The Kier molecular flexibility index (Phi) is 5.43. The van der Waals surface area contributed by atoms with Crippen LogP contribution in [0, 0.1) is 5.92 Å². The Morgan fingerprint density at radius 1 is 1.33 bits per heavy atom. The number of methoxy groups -OCH3 is 1. The van der Waals surface area contributed by atoms with E-state index in [0.29, 0.717) is 11.5 Å². The van der Waals surface area contributed by atoms with Crippen molar-refractivity contribution in [2.75, 3.05) is 13.7 Å². The van der Waals surface area contributed by atoms with Crippen molar-refractivity contribution in [3.8, 4) is 0 Å². The third kappa shape index (κ3) is 3.87. The molecule has 1 heterocycles. The Morgan fingerprint density at radius 2 is 2.05 bits per heavy atom. The van der Waals surface area contributed by atoms with E-state index in [4.69, 9.17) is 9.47 Å². The summed E-state index contributed by atoms with van der Waals surface area (Å²) in [6.07, 6.45) is 4.36. The highest BCUT2D eigenvalue weighted by Crippen LogP contribution is 2.31. The van der Waals surface area contributed by atoms with E-state index in [9.17, 15) is 4.79 Å². The summed E-state index contributed by atoms with van der Waals surface area (Å²) in [7, 11) is 1.40. The molecule has 21 heavy (non-hydrogen) atoms. The van der Waals surface area contributed by atoms with Crippen molar-refractivity contribution >= 4 is 5.97 Å². The number of unbranched alkanes of at least 4 members (excludes halogenated alkanes) is 1. The van der Waals surface area contributed by atoms with Crippen LogP contribution < -0.4 is 0 Å². The Morgan fingerprint density at radius 3 is 2.67 bits per heavy atom. The van der Waals surface area contributed by atoms with E-state index in [1.165, 1.54) is 31.1 Å². The van der Waals surface area contributed by atoms with E-state index in [2.05, 4.69) is 13.8 Å². The highest BCUT2D eigenvalue weighted by atomic mass is 16.5. The van der Waals surface area contributed by atoms with Crippen molar-refractivity contribution in [3.63, 3.8) is 0 Å². The zero-order chi connectivity index (χ0) is 15.2. The number of rotatable bonds is 6. The Labute approximate surface area is 127 Å². The zero-order valence-corrected chi connectivity index (χ0v) is 13.1. The van der Waals surface area contributed by atoms with E-state index in [1.807, 2.05) is 24.3 Å². The second-order valence-corrected chi connectivity index (χ2v) is 5.63. The molecule has 3 heteroatoms. The molecule has 0 saturated heterocycles. The summed E-state index contributed by atoms with van der Waals surface area (Å²) in [5, 5.41) is 0. The molecule has 1 unspecified atom stereocenters. The molecule has 1 aliphatic heterocycles. The fourth-order valence-corrected chi connectivity index (χ4v) is 2.67. The van der Waals surface area contributed by atoms with Crippen molar-refractivity contribution in [2.45, 2.75) is 39.5 Å². The lowest BCUT2D eigenvalue weighted by Gasteiger charge is -2.08. The van der Waals surface area contributed by atoms with Crippen LogP contribution in [0.1, 0.15) is 49.0 Å². The molecular formula is C18H24O3. The highest BCUT2D eigenvalue weighted by molar-refractivity contribution is 5.89. The first-order valence-electron chi connectivity index (χ1n) is 7.67.